The monoisotopic (exact) mass is 474 g/mol. The second-order valence-electron chi connectivity index (χ2n) is 8.21. The van der Waals surface area contributed by atoms with Gasteiger partial charge >= 0.3 is 12.1 Å². The van der Waals surface area contributed by atoms with Gasteiger partial charge in [-0.05, 0) is 28.7 Å². The van der Waals surface area contributed by atoms with Gasteiger partial charge in [-0.3, -0.25) is 4.79 Å². The Balaban J connectivity index is 1.34. The molecule has 2 aromatic rings. The van der Waals surface area contributed by atoms with Crippen LogP contribution in [0.25, 0.3) is 11.1 Å². The number of amides is 2. The van der Waals surface area contributed by atoms with Crippen molar-refractivity contribution < 1.29 is 37.7 Å². The zero-order chi connectivity index (χ0) is 24.2. The zero-order valence-electron chi connectivity index (χ0n) is 18.1. The normalized spacial score (nSPS) is 19.9. The quantitative estimate of drug-likeness (QED) is 0.542. The second kappa shape index (κ2) is 10.2. The first-order valence-electron chi connectivity index (χ1n) is 10.9. The number of carboxylic acid groups (broad SMARTS) is 1. The molecule has 0 radical (unpaired) electrons. The molecule has 1 saturated heterocycles. The minimum absolute atomic E-state index is 0.0539. The Morgan fingerprint density at radius 3 is 2.26 bits per heavy atom. The van der Waals surface area contributed by atoms with E-state index < -0.39 is 49.0 Å². The van der Waals surface area contributed by atoms with Crippen LogP contribution in [0.15, 0.2) is 48.5 Å². The van der Waals surface area contributed by atoms with Crippen molar-refractivity contribution in [1.29, 1.82) is 0 Å². The van der Waals surface area contributed by atoms with E-state index in [0.29, 0.717) is 0 Å². The topological polar surface area (TPSA) is 114 Å². The van der Waals surface area contributed by atoms with E-state index in [1.54, 1.807) is 0 Å². The van der Waals surface area contributed by atoms with Gasteiger partial charge in [0.25, 0.3) is 6.43 Å². The zero-order valence-corrected chi connectivity index (χ0v) is 18.1. The number of aliphatic carboxylic acids is 1. The number of hydrogen-bond acceptors (Lipinski definition) is 5. The van der Waals surface area contributed by atoms with Crippen LogP contribution in [-0.4, -0.2) is 60.9 Å². The van der Waals surface area contributed by atoms with Gasteiger partial charge in [-0.15, -0.1) is 0 Å². The maximum absolute atomic E-state index is 13.5. The highest BCUT2D eigenvalue weighted by Crippen LogP contribution is 2.44. The van der Waals surface area contributed by atoms with E-state index in [9.17, 15) is 23.2 Å². The minimum atomic E-state index is -3.03. The Morgan fingerprint density at radius 1 is 1.06 bits per heavy atom. The number of halogens is 2. The molecule has 0 bridgehead atoms. The molecule has 2 aliphatic rings. The molecule has 0 aromatic heterocycles. The smallest absolute Gasteiger partial charge is 0.407 e. The third-order valence-corrected chi connectivity index (χ3v) is 6.04. The second-order valence-corrected chi connectivity index (χ2v) is 8.21. The molecule has 2 aromatic carbocycles. The SMILES string of the molecule is O=C(CC(NC(=O)OCC1c2ccccc2-c2ccccc21)C(F)F)N[C@H]1CCO[C@H]1C(=O)O. The van der Waals surface area contributed by atoms with E-state index >= 15 is 0 Å². The van der Waals surface area contributed by atoms with Gasteiger partial charge in [-0.1, -0.05) is 48.5 Å². The molecule has 1 heterocycles. The van der Waals surface area contributed by atoms with E-state index in [-0.39, 0.29) is 25.6 Å². The molecule has 4 rings (SSSR count). The van der Waals surface area contributed by atoms with Gasteiger partial charge in [-0.25, -0.2) is 18.4 Å². The van der Waals surface area contributed by atoms with Crippen LogP contribution in [0.1, 0.15) is 29.9 Å². The molecule has 1 aliphatic heterocycles. The minimum Gasteiger partial charge on any atom is -0.479 e. The summed E-state index contributed by atoms with van der Waals surface area (Å²) < 4.78 is 37.3. The molecule has 2 amide bonds. The summed E-state index contributed by atoms with van der Waals surface area (Å²) in [5.74, 6) is -2.29. The average Bonchev–Trinajstić information content (AvgIpc) is 3.40. The molecule has 1 fully saturated rings. The summed E-state index contributed by atoms with van der Waals surface area (Å²) in [5, 5.41) is 13.5. The van der Waals surface area contributed by atoms with Crippen LogP contribution in [0.3, 0.4) is 0 Å². The summed E-state index contributed by atoms with van der Waals surface area (Å²) in [4.78, 5) is 35.7. The van der Waals surface area contributed by atoms with Crippen LogP contribution in [0.5, 0.6) is 0 Å². The molecular weight excluding hydrogens is 450 g/mol. The molecule has 10 heteroatoms. The molecular formula is C24H24F2N2O6. The fourth-order valence-corrected chi connectivity index (χ4v) is 4.44. The number of fused-ring (bicyclic) bond motifs is 3. The predicted octanol–water partition coefficient (Wildman–Crippen LogP) is 2.91. The number of alkyl halides is 2. The lowest BCUT2D eigenvalue weighted by atomic mass is 9.98. The van der Waals surface area contributed by atoms with E-state index in [0.717, 1.165) is 22.3 Å². The highest BCUT2D eigenvalue weighted by atomic mass is 19.3. The predicted molar refractivity (Wildman–Crippen MR) is 117 cm³/mol. The van der Waals surface area contributed by atoms with Crippen molar-refractivity contribution in [1.82, 2.24) is 10.6 Å². The number of carbonyl (C=O) groups is 3. The molecule has 1 unspecified atom stereocenters. The first-order valence-corrected chi connectivity index (χ1v) is 10.9. The highest BCUT2D eigenvalue weighted by molar-refractivity contribution is 5.81. The lowest BCUT2D eigenvalue weighted by Crippen LogP contribution is -2.48. The van der Waals surface area contributed by atoms with Gasteiger partial charge in [-0.2, -0.15) is 0 Å². The Kier molecular flexibility index (Phi) is 7.06. The maximum atomic E-state index is 13.5. The number of hydrogen-bond donors (Lipinski definition) is 3. The summed E-state index contributed by atoms with van der Waals surface area (Å²) in [5.41, 5.74) is 4.02. The lowest BCUT2D eigenvalue weighted by Gasteiger charge is -2.21. The molecule has 1 aliphatic carbocycles. The van der Waals surface area contributed by atoms with Gasteiger partial charge in [0.2, 0.25) is 5.91 Å². The van der Waals surface area contributed by atoms with E-state index in [1.807, 2.05) is 48.5 Å². The van der Waals surface area contributed by atoms with Crippen LogP contribution in [0, 0.1) is 0 Å². The lowest BCUT2D eigenvalue weighted by molar-refractivity contribution is -0.148. The van der Waals surface area contributed by atoms with Crippen LogP contribution < -0.4 is 10.6 Å². The van der Waals surface area contributed by atoms with Crippen molar-refractivity contribution in [3.8, 4) is 11.1 Å². The van der Waals surface area contributed by atoms with Crippen molar-refractivity contribution in [2.45, 2.75) is 43.4 Å². The van der Waals surface area contributed by atoms with E-state index in [4.69, 9.17) is 14.6 Å². The van der Waals surface area contributed by atoms with E-state index in [1.165, 1.54) is 0 Å². The number of carboxylic acids is 1. The largest absolute Gasteiger partial charge is 0.479 e. The molecule has 3 N–H and O–H groups in total. The van der Waals surface area contributed by atoms with Crippen molar-refractivity contribution in [2.75, 3.05) is 13.2 Å². The van der Waals surface area contributed by atoms with Gasteiger partial charge in [0.05, 0.1) is 12.5 Å². The maximum Gasteiger partial charge on any atom is 0.407 e. The standard InChI is InChI=1S/C24H24F2N2O6/c25-22(26)19(11-20(29)27-18-9-10-33-21(18)23(30)31)28-24(32)34-12-17-15-7-3-1-5-13(15)14-6-2-4-8-16(14)17/h1-8,17-19,21-22H,9-12H2,(H,27,29)(H,28,32)(H,30,31)/t18-,19?,21+/m0/s1. The summed E-state index contributed by atoms with van der Waals surface area (Å²) in [6, 6.07) is 12.8. The fraction of sp³-hybridized carbons (Fsp3) is 0.375. The van der Waals surface area contributed by atoms with Gasteiger partial charge in [0.1, 0.15) is 12.6 Å². The Morgan fingerprint density at radius 2 is 1.68 bits per heavy atom. The summed E-state index contributed by atoms with van der Waals surface area (Å²) in [6.07, 6.45) is -5.80. The van der Waals surface area contributed by atoms with Crippen LogP contribution in [-0.2, 0) is 19.1 Å². The number of carbonyl (C=O) groups excluding carboxylic acids is 2. The molecule has 3 atom stereocenters. The first-order chi connectivity index (χ1) is 16.3. The Hall–Kier alpha value is -3.53. The van der Waals surface area contributed by atoms with Gasteiger partial charge < -0.3 is 25.2 Å². The summed E-state index contributed by atoms with van der Waals surface area (Å²) in [7, 11) is 0. The van der Waals surface area contributed by atoms with Crippen molar-refractivity contribution in [3.05, 3.63) is 59.7 Å². The van der Waals surface area contributed by atoms with Crippen LogP contribution in [0.4, 0.5) is 13.6 Å². The summed E-state index contributed by atoms with van der Waals surface area (Å²) >= 11 is 0. The van der Waals surface area contributed by atoms with Crippen molar-refractivity contribution in [3.63, 3.8) is 0 Å². The molecule has 180 valence electrons. The van der Waals surface area contributed by atoms with Crippen molar-refractivity contribution in [2.24, 2.45) is 0 Å². The van der Waals surface area contributed by atoms with Crippen LogP contribution >= 0.6 is 0 Å². The number of alkyl carbamates (subject to hydrolysis) is 1. The first kappa shape index (κ1) is 23.6. The molecule has 0 saturated carbocycles. The number of benzene rings is 2. The molecule has 0 spiro atoms. The van der Waals surface area contributed by atoms with E-state index in [2.05, 4.69) is 10.6 Å². The van der Waals surface area contributed by atoms with Crippen LogP contribution in [0.2, 0.25) is 0 Å². The third-order valence-electron chi connectivity index (χ3n) is 6.04. The van der Waals surface area contributed by atoms with Gasteiger partial charge in [0.15, 0.2) is 6.10 Å². The van der Waals surface area contributed by atoms with Crippen molar-refractivity contribution >= 4 is 18.0 Å². The fourth-order valence-electron chi connectivity index (χ4n) is 4.44. The third kappa shape index (κ3) is 5.01. The average molecular weight is 474 g/mol. The number of ether oxygens (including phenoxy) is 2. The summed E-state index contributed by atoms with van der Waals surface area (Å²) in [6.45, 7) is 0.0832. The highest BCUT2D eigenvalue weighted by Gasteiger charge is 2.36. The molecule has 34 heavy (non-hydrogen) atoms. The number of nitrogens with one attached hydrogen (secondary N) is 2. The molecule has 8 nitrogen and oxygen atoms in total. The Labute approximate surface area is 194 Å². The van der Waals surface area contributed by atoms with Gasteiger partial charge in [0, 0.05) is 12.5 Å². The Bertz CT molecular complexity index is 1030. The number of rotatable bonds is 8.